The third-order valence-corrected chi connectivity index (χ3v) is 4.10. The number of nitrogens with zero attached hydrogens (tertiary/aromatic N) is 2. The van der Waals surface area contributed by atoms with Crippen molar-refractivity contribution in [2.45, 2.75) is 38.2 Å². The van der Waals surface area contributed by atoms with Crippen molar-refractivity contribution in [2.24, 2.45) is 0 Å². The summed E-state index contributed by atoms with van der Waals surface area (Å²) >= 11 is 0. The number of anilines is 1. The van der Waals surface area contributed by atoms with E-state index < -0.39 is 0 Å². The number of nitrogen functional groups attached to an aromatic ring is 1. The summed E-state index contributed by atoms with van der Waals surface area (Å²) in [5.74, 6) is 1.33. The Kier molecular flexibility index (Phi) is 5.42. The third-order valence-electron chi connectivity index (χ3n) is 4.10. The van der Waals surface area contributed by atoms with E-state index >= 15 is 0 Å². The number of nitrogens with two attached hydrogens (primary N) is 1. The molecule has 2 N–H and O–H groups in total. The van der Waals surface area contributed by atoms with Gasteiger partial charge in [-0.15, -0.1) is 0 Å². The van der Waals surface area contributed by atoms with Crippen LogP contribution in [0.4, 0.5) is 5.95 Å². The number of benzene rings is 1. The first-order valence-corrected chi connectivity index (χ1v) is 8.20. The molecule has 0 saturated heterocycles. The van der Waals surface area contributed by atoms with E-state index in [0.29, 0.717) is 31.6 Å². The number of rotatable bonds is 7. The van der Waals surface area contributed by atoms with Gasteiger partial charge >= 0.3 is 0 Å². The van der Waals surface area contributed by atoms with E-state index in [4.69, 9.17) is 15.2 Å². The van der Waals surface area contributed by atoms with E-state index in [1.807, 2.05) is 36.4 Å². The van der Waals surface area contributed by atoms with Crippen LogP contribution in [0.5, 0.6) is 5.88 Å². The molecule has 1 heterocycles. The highest BCUT2D eigenvalue weighted by molar-refractivity contribution is 5.28. The van der Waals surface area contributed by atoms with Crippen LogP contribution in [-0.4, -0.2) is 23.2 Å². The molecule has 2 aromatic rings. The van der Waals surface area contributed by atoms with Crippen LogP contribution in [0.15, 0.2) is 36.4 Å². The highest BCUT2D eigenvalue weighted by Gasteiger charge is 2.19. The van der Waals surface area contributed by atoms with Gasteiger partial charge in [0.25, 0.3) is 0 Å². The van der Waals surface area contributed by atoms with Gasteiger partial charge in [-0.2, -0.15) is 4.98 Å². The molecule has 1 aromatic heterocycles. The monoisotopic (exact) mass is 313 g/mol. The fraction of sp³-hybridized carbons (Fsp3) is 0.444. The molecule has 0 atom stereocenters. The molecule has 0 aliphatic heterocycles. The number of ether oxygens (including phenoxy) is 2. The lowest BCUT2D eigenvalue weighted by molar-refractivity contribution is 0.0874. The molecular weight excluding hydrogens is 290 g/mol. The molecule has 0 radical (unpaired) electrons. The van der Waals surface area contributed by atoms with E-state index in [0.717, 1.165) is 11.3 Å². The van der Waals surface area contributed by atoms with Gasteiger partial charge < -0.3 is 15.2 Å². The average molecular weight is 313 g/mol. The molecule has 3 rings (SSSR count). The Morgan fingerprint density at radius 3 is 2.61 bits per heavy atom. The minimum absolute atomic E-state index is 0.287. The largest absolute Gasteiger partial charge is 0.475 e. The number of hydrogen-bond acceptors (Lipinski definition) is 5. The molecule has 1 fully saturated rings. The van der Waals surface area contributed by atoms with Crippen LogP contribution in [0.1, 0.15) is 42.9 Å². The fourth-order valence-electron chi connectivity index (χ4n) is 2.94. The normalized spacial score (nSPS) is 15.0. The van der Waals surface area contributed by atoms with Gasteiger partial charge in [0, 0.05) is 12.0 Å². The maximum absolute atomic E-state index is 5.80. The molecule has 0 unspecified atom stereocenters. The quantitative estimate of drug-likeness (QED) is 0.794. The number of aromatic nitrogens is 2. The summed E-state index contributed by atoms with van der Waals surface area (Å²) in [4.78, 5) is 8.51. The Labute approximate surface area is 136 Å². The van der Waals surface area contributed by atoms with Crippen LogP contribution < -0.4 is 10.5 Å². The zero-order chi connectivity index (χ0) is 15.9. The molecule has 1 saturated carbocycles. The standard InChI is InChI=1S/C18H23N3O2/c19-18-20-16(15-8-4-5-9-15)12-17(21-18)23-11-10-22-13-14-6-2-1-3-7-14/h1-3,6-7,12,15H,4-5,8-11,13H2,(H2,19,20,21). The first kappa shape index (κ1) is 15.7. The molecule has 1 aliphatic rings. The Bertz CT molecular complexity index is 613. The summed E-state index contributed by atoms with van der Waals surface area (Å²) in [5, 5.41) is 0. The molecule has 1 aromatic carbocycles. The van der Waals surface area contributed by atoms with Gasteiger partial charge in [-0.25, -0.2) is 4.98 Å². The van der Waals surface area contributed by atoms with Crippen molar-refractivity contribution >= 4 is 5.95 Å². The summed E-state index contributed by atoms with van der Waals surface area (Å²) in [6.45, 7) is 1.55. The second-order valence-electron chi connectivity index (χ2n) is 5.86. The second-order valence-corrected chi connectivity index (χ2v) is 5.86. The maximum Gasteiger partial charge on any atom is 0.223 e. The van der Waals surface area contributed by atoms with Crippen LogP contribution in [0, 0.1) is 0 Å². The van der Waals surface area contributed by atoms with Gasteiger partial charge in [-0.3, -0.25) is 0 Å². The minimum atomic E-state index is 0.287. The molecular formula is C18H23N3O2. The van der Waals surface area contributed by atoms with Crippen molar-refractivity contribution in [1.82, 2.24) is 9.97 Å². The lowest BCUT2D eigenvalue weighted by Crippen LogP contribution is -2.10. The third kappa shape index (κ3) is 4.66. The van der Waals surface area contributed by atoms with Crippen molar-refractivity contribution < 1.29 is 9.47 Å². The first-order valence-electron chi connectivity index (χ1n) is 8.20. The zero-order valence-electron chi connectivity index (χ0n) is 13.3. The highest BCUT2D eigenvalue weighted by Crippen LogP contribution is 2.34. The van der Waals surface area contributed by atoms with Gasteiger partial charge in [-0.05, 0) is 18.4 Å². The summed E-state index contributed by atoms with van der Waals surface area (Å²) in [6.07, 6.45) is 4.88. The van der Waals surface area contributed by atoms with Gasteiger partial charge in [0.2, 0.25) is 11.8 Å². The zero-order valence-corrected chi connectivity index (χ0v) is 13.3. The van der Waals surface area contributed by atoms with Crippen LogP contribution in [0.3, 0.4) is 0 Å². The van der Waals surface area contributed by atoms with Gasteiger partial charge in [0.15, 0.2) is 0 Å². The number of hydrogen-bond donors (Lipinski definition) is 1. The highest BCUT2D eigenvalue weighted by atomic mass is 16.5. The van der Waals surface area contributed by atoms with E-state index in [1.54, 1.807) is 0 Å². The van der Waals surface area contributed by atoms with E-state index in [9.17, 15) is 0 Å². The van der Waals surface area contributed by atoms with Gasteiger partial charge in [0.05, 0.1) is 18.9 Å². The van der Waals surface area contributed by atoms with E-state index in [2.05, 4.69) is 9.97 Å². The molecule has 5 nitrogen and oxygen atoms in total. The van der Waals surface area contributed by atoms with E-state index in [1.165, 1.54) is 25.7 Å². The maximum atomic E-state index is 5.80. The van der Waals surface area contributed by atoms with Gasteiger partial charge in [-0.1, -0.05) is 43.2 Å². The molecule has 0 bridgehead atoms. The first-order chi connectivity index (χ1) is 11.3. The molecule has 5 heteroatoms. The van der Waals surface area contributed by atoms with Crippen molar-refractivity contribution in [3.8, 4) is 5.88 Å². The molecule has 23 heavy (non-hydrogen) atoms. The molecule has 122 valence electrons. The summed E-state index contributed by atoms with van der Waals surface area (Å²) < 4.78 is 11.3. The Morgan fingerprint density at radius 2 is 1.83 bits per heavy atom. The van der Waals surface area contributed by atoms with Crippen molar-refractivity contribution in [1.29, 1.82) is 0 Å². The SMILES string of the molecule is Nc1nc(OCCOCc2ccccc2)cc(C2CCCC2)n1. The molecule has 0 spiro atoms. The smallest absolute Gasteiger partial charge is 0.223 e. The predicted molar refractivity (Wildman–Crippen MR) is 89.2 cm³/mol. The van der Waals surface area contributed by atoms with Gasteiger partial charge in [0.1, 0.15) is 6.61 Å². The van der Waals surface area contributed by atoms with Crippen molar-refractivity contribution in [3.05, 3.63) is 47.7 Å². The summed E-state index contributed by atoms with van der Waals surface area (Å²) in [6, 6.07) is 12.0. The Hall–Kier alpha value is -2.14. The van der Waals surface area contributed by atoms with E-state index in [-0.39, 0.29) is 5.95 Å². The Morgan fingerprint density at radius 1 is 1.04 bits per heavy atom. The van der Waals surface area contributed by atoms with Crippen LogP contribution in [0.25, 0.3) is 0 Å². The molecule has 1 aliphatic carbocycles. The topological polar surface area (TPSA) is 70.3 Å². The molecule has 0 amide bonds. The lowest BCUT2D eigenvalue weighted by atomic mass is 10.0. The van der Waals surface area contributed by atoms with Crippen LogP contribution in [-0.2, 0) is 11.3 Å². The summed E-state index contributed by atoms with van der Waals surface area (Å²) in [7, 11) is 0. The minimum Gasteiger partial charge on any atom is -0.475 e. The van der Waals surface area contributed by atoms with Crippen LogP contribution in [0.2, 0.25) is 0 Å². The Balaban J connectivity index is 1.46. The average Bonchev–Trinajstić information content (AvgIpc) is 3.10. The second kappa shape index (κ2) is 7.92. The van der Waals surface area contributed by atoms with Crippen LogP contribution >= 0.6 is 0 Å². The lowest BCUT2D eigenvalue weighted by Gasteiger charge is -2.12. The van der Waals surface area contributed by atoms with Crippen molar-refractivity contribution in [2.75, 3.05) is 18.9 Å². The fourth-order valence-corrected chi connectivity index (χ4v) is 2.94. The summed E-state index contributed by atoms with van der Waals surface area (Å²) in [5.41, 5.74) is 7.96. The van der Waals surface area contributed by atoms with Crippen molar-refractivity contribution in [3.63, 3.8) is 0 Å². The predicted octanol–water partition coefficient (Wildman–Crippen LogP) is 3.31.